The molecule has 2 aromatic rings. The molecule has 0 radical (unpaired) electrons. The molecule has 4 aliphatic rings. The molecule has 0 bridgehead atoms. The van der Waals surface area contributed by atoms with E-state index in [2.05, 4.69) is 182 Å². The maximum atomic E-state index is 2.78. The zero-order valence-electron chi connectivity index (χ0n) is 32.9. The molecule has 0 amide bonds. The van der Waals surface area contributed by atoms with Crippen LogP contribution in [0.5, 0.6) is 0 Å². The third-order valence-electron chi connectivity index (χ3n) is 10.4. The third-order valence-corrected chi connectivity index (χ3v) is 24.4. The summed E-state index contributed by atoms with van der Waals surface area (Å²) < 4.78 is 5.26. The molecule has 2 heterocycles. The summed E-state index contributed by atoms with van der Waals surface area (Å²) in [5.74, 6) is 0. The SMILES string of the molecule is C[C](C)=[Zr+2]([C]1=C(C(C)(C)C)C=C2C1=CC(C(C)(C)C)P2c1ccccc1)[C]1=C(C(C)(C)C)C=C2C1=CC(C(C)(C)C)P2c1ccccc1.[Cl-].[Cl-]. The second-order valence-electron chi connectivity index (χ2n) is 18.7. The zero-order chi connectivity index (χ0) is 35.1. The molecule has 50 heavy (non-hydrogen) atoms. The monoisotopic (exact) mass is 820 g/mol. The minimum Gasteiger partial charge on any atom is -1.00 e. The Hall–Kier alpha value is -0.927. The van der Waals surface area contributed by atoms with Gasteiger partial charge in [0.2, 0.25) is 0 Å². The number of hydrogen-bond donors (Lipinski definition) is 0. The zero-order valence-corrected chi connectivity index (χ0v) is 38.6. The fraction of sp³-hybridized carbons (Fsp3) is 0.444. The first-order valence-electron chi connectivity index (χ1n) is 18.0. The molecule has 0 spiro atoms. The van der Waals surface area contributed by atoms with E-state index in [0.717, 1.165) is 0 Å². The number of halogens is 2. The van der Waals surface area contributed by atoms with Crippen molar-refractivity contribution >= 4 is 29.7 Å². The molecule has 0 nitrogen and oxygen atoms in total. The van der Waals surface area contributed by atoms with Gasteiger partial charge in [-0.05, 0) is 0 Å². The van der Waals surface area contributed by atoms with Crippen molar-refractivity contribution in [3.8, 4) is 0 Å². The van der Waals surface area contributed by atoms with E-state index in [-0.39, 0.29) is 46.5 Å². The Morgan fingerprint density at radius 3 is 1.10 bits per heavy atom. The summed E-state index contributed by atoms with van der Waals surface area (Å²) in [6, 6.07) is 23.0. The fourth-order valence-electron chi connectivity index (χ4n) is 8.02. The van der Waals surface area contributed by atoms with Gasteiger partial charge in [0.25, 0.3) is 0 Å². The van der Waals surface area contributed by atoms with Crippen LogP contribution >= 0.6 is 15.8 Å². The van der Waals surface area contributed by atoms with E-state index in [1.165, 1.54) is 10.6 Å². The quantitative estimate of drug-likeness (QED) is 0.308. The van der Waals surface area contributed by atoms with Crippen LogP contribution in [0.2, 0.25) is 0 Å². The first-order valence-corrected chi connectivity index (χ1v) is 24.5. The third kappa shape index (κ3) is 7.55. The van der Waals surface area contributed by atoms with E-state index < -0.39 is 37.1 Å². The molecule has 2 aliphatic carbocycles. The summed E-state index contributed by atoms with van der Waals surface area (Å²) >= 11 is -2.68. The Morgan fingerprint density at radius 2 is 0.840 bits per heavy atom. The van der Waals surface area contributed by atoms with Crippen LogP contribution in [0.3, 0.4) is 0 Å². The molecule has 2 aliphatic heterocycles. The van der Waals surface area contributed by atoms with Crippen LogP contribution in [0, 0.1) is 21.7 Å². The molecular formula is C45H58Cl2P2Zr. The van der Waals surface area contributed by atoms with E-state index in [0.29, 0.717) is 11.3 Å². The molecule has 4 unspecified atom stereocenters. The number of allylic oxidation sites excluding steroid dienone is 12. The summed E-state index contributed by atoms with van der Waals surface area (Å²) in [6.07, 6.45) is 11.0. The van der Waals surface area contributed by atoms with Gasteiger partial charge in [-0.2, -0.15) is 0 Å². The van der Waals surface area contributed by atoms with Crippen LogP contribution in [-0.2, 0) is 21.3 Å². The van der Waals surface area contributed by atoms with Crippen molar-refractivity contribution in [2.45, 2.75) is 108 Å². The van der Waals surface area contributed by atoms with E-state index >= 15 is 0 Å². The normalized spacial score (nSPS) is 23.2. The fourth-order valence-corrected chi connectivity index (χ4v) is 23.9. The molecule has 0 saturated carbocycles. The molecule has 0 N–H and O–H groups in total. The van der Waals surface area contributed by atoms with E-state index in [9.17, 15) is 0 Å². The van der Waals surface area contributed by atoms with Crippen LogP contribution in [0.1, 0.15) is 96.9 Å². The summed E-state index contributed by atoms with van der Waals surface area (Å²) in [7, 11) is -0.970. The second-order valence-corrected chi connectivity index (χ2v) is 30.1. The Bertz CT molecular complexity index is 1720. The van der Waals surface area contributed by atoms with Gasteiger partial charge in [-0.15, -0.1) is 0 Å². The van der Waals surface area contributed by atoms with E-state index in [1.54, 1.807) is 42.7 Å². The van der Waals surface area contributed by atoms with E-state index in [1.807, 2.05) is 0 Å². The average Bonchev–Trinajstić information content (AvgIpc) is 3.71. The Balaban J connectivity index is 0.00000281. The van der Waals surface area contributed by atoms with E-state index in [4.69, 9.17) is 0 Å². The first kappa shape index (κ1) is 41.8. The standard InChI is InChI=1S/2C21H26P.C3H6.2ClH.Zr/c2*1-20(2,3)16-12-15-13-19(21(4,5)6)22(18(15)14-16)17-10-8-7-9-11-17;1-3-2;;;/h2*7-11,13-14,19H,1-6H3;1-2H3;2*1H;/q;;;;;+2/p-2. The van der Waals surface area contributed by atoms with Crippen LogP contribution < -0.4 is 35.4 Å². The molecule has 4 atom stereocenters. The molecule has 0 saturated heterocycles. The number of hydrogen-bond acceptors (Lipinski definition) is 0. The van der Waals surface area contributed by atoms with Gasteiger partial charge in [-0.3, -0.25) is 0 Å². The van der Waals surface area contributed by atoms with Crippen molar-refractivity contribution in [3.63, 3.8) is 0 Å². The van der Waals surface area contributed by atoms with Gasteiger partial charge in [0.05, 0.1) is 0 Å². The first-order chi connectivity index (χ1) is 22.2. The van der Waals surface area contributed by atoms with Crippen LogP contribution in [0.15, 0.2) is 124 Å². The summed E-state index contributed by atoms with van der Waals surface area (Å²) in [5.41, 5.74) is 8.13. The molecule has 0 fully saturated rings. The van der Waals surface area contributed by atoms with Crippen molar-refractivity contribution in [3.05, 3.63) is 124 Å². The van der Waals surface area contributed by atoms with Crippen molar-refractivity contribution in [2.24, 2.45) is 21.7 Å². The Labute approximate surface area is 327 Å². The molecule has 5 heteroatoms. The summed E-state index contributed by atoms with van der Waals surface area (Å²) in [5, 5.41) is 6.36. The predicted molar refractivity (Wildman–Crippen MR) is 214 cm³/mol. The van der Waals surface area contributed by atoms with Gasteiger partial charge in [0.1, 0.15) is 0 Å². The van der Waals surface area contributed by atoms with Crippen molar-refractivity contribution < 1.29 is 46.1 Å². The van der Waals surface area contributed by atoms with Crippen LogP contribution in [-0.4, -0.2) is 14.5 Å². The largest absolute Gasteiger partial charge is 1.00 e. The van der Waals surface area contributed by atoms with Gasteiger partial charge in [-0.1, -0.05) is 0 Å². The average molecular weight is 823 g/mol. The van der Waals surface area contributed by atoms with Gasteiger partial charge >= 0.3 is 305 Å². The number of benzene rings is 2. The Kier molecular flexibility index (Phi) is 12.3. The maximum absolute atomic E-state index is 2.78. The molecule has 0 aromatic heterocycles. The number of fused-ring (bicyclic) bond motifs is 2. The van der Waals surface area contributed by atoms with Crippen molar-refractivity contribution in [1.82, 2.24) is 0 Å². The maximum Gasteiger partial charge on any atom is -1.00 e. The Morgan fingerprint density at radius 1 is 0.520 bits per heavy atom. The summed E-state index contributed by atoms with van der Waals surface area (Å²) in [4.78, 5) is 0. The minimum atomic E-state index is -2.68. The van der Waals surface area contributed by atoms with Gasteiger partial charge in [0.15, 0.2) is 0 Å². The molecule has 6 rings (SSSR count). The minimum absolute atomic E-state index is 0. The molecule has 2 aromatic carbocycles. The van der Waals surface area contributed by atoms with Crippen LogP contribution in [0.4, 0.5) is 0 Å². The second kappa shape index (κ2) is 14.7. The smallest absolute Gasteiger partial charge is 1.00 e. The summed E-state index contributed by atoms with van der Waals surface area (Å²) in [6.45, 7) is 34.6. The van der Waals surface area contributed by atoms with Crippen molar-refractivity contribution in [2.75, 3.05) is 0 Å². The topological polar surface area (TPSA) is 0 Å². The van der Waals surface area contributed by atoms with Crippen LogP contribution in [0.25, 0.3) is 0 Å². The van der Waals surface area contributed by atoms with Gasteiger partial charge in [-0.25, -0.2) is 0 Å². The number of rotatable bonds is 4. The van der Waals surface area contributed by atoms with Crippen molar-refractivity contribution in [1.29, 1.82) is 0 Å². The predicted octanol–water partition coefficient (Wildman–Crippen LogP) is 6.54. The molecular weight excluding hydrogens is 765 g/mol. The molecule has 266 valence electrons. The van der Waals surface area contributed by atoms with Gasteiger partial charge < -0.3 is 24.8 Å². The van der Waals surface area contributed by atoms with Gasteiger partial charge in [0, 0.05) is 0 Å².